The molecule has 0 spiro atoms. The molecule has 0 unspecified atom stereocenters. The van der Waals surface area contributed by atoms with Gasteiger partial charge in [-0.05, 0) is 17.7 Å². The highest BCUT2D eigenvalue weighted by Gasteiger charge is 2.16. The van der Waals surface area contributed by atoms with Gasteiger partial charge in [-0.25, -0.2) is 10.1 Å². The number of halogens is 1. The average Bonchev–Trinajstić information content (AvgIpc) is 2.38. The van der Waals surface area contributed by atoms with Crippen molar-refractivity contribution in [3.8, 4) is 0 Å². The van der Waals surface area contributed by atoms with Crippen LogP contribution in [0.2, 0.25) is 0 Å². The number of benzene rings is 2. The zero-order chi connectivity index (χ0) is 12.1. The highest BCUT2D eigenvalue weighted by atomic mass is 35.5. The lowest BCUT2D eigenvalue weighted by Gasteiger charge is -2.13. The first-order chi connectivity index (χ1) is 8.27. The Morgan fingerprint density at radius 3 is 1.94 bits per heavy atom. The number of hydrogen-bond donors (Lipinski definition) is 0. The number of nitro groups is 1. The smallest absolute Gasteiger partial charge is 0.165 e. The lowest BCUT2D eigenvalue weighted by atomic mass is 10.2. The lowest BCUT2D eigenvalue weighted by molar-refractivity contribution is -0.496. The van der Waals surface area contributed by atoms with E-state index in [1.165, 1.54) is 0 Å². The fourth-order valence-corrected chi connectivity index (χ4v) is 1.60. The van der Waals surface area contributed by atoms with Crippen LogP contribution in [-0.2, 0) is 6.54 Å². The number of hydrogen-bond acceptors (Lipinski definition) is 2. The van der Waals surface area contributed by atoms with Gasteiger partial charge in [-0.3, -0.25) is 0 Å². The molecule has 94 valence electrons. The molecule has 0 aliphatic heterocycles. The molecule has 0 bridgehead atoms. The Morgan fingerprint density at radius 1 is 0.944 bits per heavy atom. The normalized spacial score (nSPS) is 9.33. The molecule has 0 aromatic heterocycles. The van der Waals surface area contributed by atoms with E-state index in [1.54, 1.807) is 24.3 Å². The van der Waals surface area contributed by atoms with Crippen LogP contribution in [0.1, 0.15) is 5.56 Å². The minimum absolute atomic E-state index is 0. The predicted octanol–water partition coefficient (Wildman–Crippen LogP) is 3.31. The topological polar surface area (TPSA) is 46.4 Å². The van der Waals surface area contributed by atoms with Crippen LogP contribution in [-0.4, -0.2) is 5.03 Å². The number of hydrazine groups is 1. The molecule has 0 saturated heterocycles. The number of rotatable bonds is 4. The van der Waals surface area contributed by atoms with Gasteiger partial charge >= 0.3 is 0 Å². The van der Waals surface area contributed by atoms with E-state index in [-0.39, 0.29) is 24.0 Å². The molecule has 4 nitrogen and oxygen atoms in total. The Bertz CT molecular complexity index is 491. The zero-order valence-electron chi connectivity index (χ0n) is 9.60. The third-order valence-electron chi connectivity index (χ3n) is 2.43. The third kappa shape index (κ3) is 3.46. The van der Waals surface area contributed by atoms with Gasteiger partial charge in [0.05, 0.1) is 0 Å². The standard InChI is InChI=1S/C13H12N2O2.ClH/c16-15(17)14(13-9-5-2-6-10-13)11-12-7-3-1-4-8-12;/h1-10H,11H2;1H. The summed E-state index contributed by atoms with van der Waals surface area (Å²) in [5, 5.41) is 11.8. The Balaban J connectivity index is 0.00000162. The van der Waals surface area contributed by atoms with Crippen molar-refractivity contribution in [2.24, 2.45) is 0 Å². The van der Waals surface area contributed by atoms with Crippen molar-refractivity contribution in [2.75, 3.05) is 5.01 Å². The molecule has 5 heteroatoms. The van der Waals surface area contributed by atoms with E-state index < -0.39 is 0 Å². The molecule has 0 amide bonds. The maximum absolute atomic E-state index is 11.0. The molecular weight excluding hydrogens is 252 g/mol. The fraction of sp³-hybridized carbons (Fsp3) is 0.0769. The second kappa shape index (κ2) is 6.61. The van der Waals surface area contributed by atoms with Crippen molar-refractivity contribution >= 4 is 18.1 Å². The second-order valence-electron chi connectivity index (χ2n) is 3.62. The highest BCUT2D eigenvalue weighted by Crippen LogP contribution is 2.16. The van der Waals surface area contributed by atoms with E-state index in [9.17, 15) is 10.1 Å². The van der Waals surface area contributed by atoms with E-state index in [0.29, 0.717) is 5.69 Å². The van der Waals surface area contributed by atoms with Gasteiger partial charge in [-0.15, -0.1) is 12.4 Å². The van der Waals surface area contributed by atoms with Crippen LogP contribution in [0.5, 0.6) is 0 Å². The summed E-state index contributed by atoms with van der Waals surface area (Å²) in [4.78, 5) is 11.0. The largest absolute Gasteiger partial charge is 0.234 e. The first kappa shape index (κ1) is 14.0. The molecule has 2 aromatic carbocycles. The molecule has 0 heterocycles. The molecule has 0 fully saturated rings. The maximum Gasteiger partial charge on any atom is 0.165 e. The summed E-state index contributed by atoms with van der Waals surface area (Å²) in [5.74, 6) is 0. The van der Waals surface area contributed by atoms with Crippen molar-refractivity contribution in [2.45, 2.75) is 6.54 Å². The average molecular weight is 265 g/mol. The zero-order valence-corrected chi connectivity index (χ0v) is 10.4. The molecule has 2 aromatic rings. The quantitative estimate of drug-likeness (QED) is 0.629. The summed E-state index contributed by atoms with van der Waals surface area (Å²) >= 11 is 0. The van der Waals surface area contributed by atoms with E-state index in [1.807, 2.05) is 36.4 Å². The molecule has 0 radical (unpaired) electrons. The van der Waals surface area contributed by atoms with Gasteiger partial charge in [0.25, 0.3) is 0 Å². The van der Waals surface area contributed by atoms with Crippen LogP contribution in [0.4, 0.5) is 5.69 Å². The summed E-state index contributed by atoms with van der Waals surface area (Å²) < 4.78 is 0. The number of anilines is 1. The van der Waals surface area contributed by atoms with Gasteiger partial charge < -0.3 is 0 Å². The van der Waals surface area contributed by atoms with E-state index >= 15 is 0 Å². The second-order valence-corrected chi connectivity index (χ2v) is 3.62. The highest BCUT2D eigenvalue weighted by molar-refractivity contribution is 5.85. The van der Waals surface area contributed by atoms with Crippen LogP contribution < -0.4 is 5.01 Å². The van der Waals surface area contributed by atoms with Gasteiger partial charge in [0.15, 0.2) is 5.03 Å². The minimum Gasteiger partial charge on any atom is -0.234 e. The SMILES string of the molecule is Cl.O=[N+]([O-])N(Cc1ccccc1)c1ccccc1. The Morgan fingerprint density at radius 2 is 1.44 bits per heavy atom. The fourth-order valence-electron chi connectivity index (χ4n) is 1.60. The summed E-state index contributed by atoms with van der Waals surface area (Å²) in [6.45, 7) is 0.262. The summed E-state index contributed by atoms with van der Waals surface area (Å²) in [7, 11) is 0. The molecule has 0 atom stereocenters. The Labute approximate surface area is 111 Å². The van der Waals surface area contributed by atoms with E-state index in [2.05, 4.69) is 0 Å². The number of nitrogens with zero attached hydrogens (tertiary/aromatic N) is 2. The van der Waals surface area contributed by atoms with Gasteiger partial charge in [-0.2, -0.15) is 0 Å². The van der Waals surface area contributed by atoms with Crippen LogP contribution >= 0.6 is 12.4 Å². The predicted molar refractivity (Wildman–Crippen MR) is 73.3 cm³/mol. The van der Waals surface area contributed by atoms with Gasteiger partial charge in [0, 0.05) is 0 Å². The molecule has 18 heavy (non-hydrogen) atoms. The van der Waals surface area contributed by atoms with E-state index in [4.69, 9.17) is 0 Å². The van der Waals surface area contributed by atoms with Gasteiger partial charge in [-0.1, -0.05) is 53.5 Å². The molecule has 0 aliphatic carbocycles. The first-order valence-electron chi connectivity index (χ1n) is 5.28. The number of para-hydroxylation sites is 1. The lowest BCUT2D eigenvalue weighted by Crippen LogP contribution is -2.28. The van der Waals surface area contributed by atoms with Gasteiger partial charge in [0.2, 0.25) is 0 Å². The van der Waals surface area contributed by atoms with Crippen molar-refractivity contribution in [3.63, 3.8) is 0 Å². The van der Waals surface area contributed by atoms with Crippen molar-refractivity contribution in [1.29, 1.82) is 0 Å². The summed E-state index contributed by atoms with van der Waals surface area (Å²) in [6, 6.07) is 18.3. The van der Waals surface area contributed by atoms with E-state index in [0.717, 1.165) is 10.6 Å². The maximum atomic E-state index is 11.0. The molecule has 0 N–H and O–H groups in total. The molecule has 0 aliphatic rings. The first-order valence-corrected chi connectivity index (χ1v) is 5.28. The molecular formula is C13H13ClN2O2. The van der Waals surface area contributed by atoms with Crippen LogP contribution in [0.25, 0.3) is 0 Å². The monoisotopic (exact) mass is 264 g/mol. The van der Waals surface area contributed by atoms with Crippen LogP contribution in [0, 0.1) is 10.1 Å². The van der Waals surface area contributed by atoms with Crippen molar-refractivity contribution in [3.05, 3.63) is 76.3 Å². The Hall–Kier alpha value is -2.07. The minimum atomic E-state index is -0.387. The van der Waals surface area contributed by atoms with Crippen molar-refractivity contribution in [1.82, 2.24) is 0 Å². The molecule has 0 saturated carbocycles. The van der Waals surface area contributed by atoms with Crippen molar-refractivity contribution < 1.29 is 5.03 Å². The third-order valence-corrected chi connectivity index (χ3v) is 2.43. The Kier molecular flexibility index (Phi) is 5.14. The van der Waals surface area contributed by atoms with Crippen LogP contribution in [0.15, 0.2) is 60.7 Å². The van der Waals surface area contributed by atoms with Gasteiger partial charge in [0.1, 0.15) is 12.2 Å². The summed E-state index contributed by atoms with van der Waals surface area (Å²) in [6.07, 6.45) is 0. The van der Waals surface area contributed by atoms with Crippen LogP contribution in [0.3, 0.4) is 0 Å². The summed E-state index contributed by atoms with van der Waals surface area (Å²) in [5.41, 5.74) is 1.49. The molecule has 2 rings (SSSR count).